The SMILES string of the molecule is CCCCN=C(NN)N1CCc2ccccc21. The van der Waals surface area contributed by atoms with Crippen molar-refractivity contribution in [2.24, 2.45) is 10.8 Å². The van der Waals surface area contributed by atoms with Crippen molar-refractivity contribution in [3.63, 3.8) is 0 Å². The predicted octanol–water partition coefficient (Wildman–Crippen LogP) is 1.67. The lowest BCUT2D eigenvalue weighted by Crippen LogP contribution is -2.44. The first kappa shape index (κ1) is 11.9. The summed E-state index contributed by atoms with van der Waals surface area (Å²) in [4.78, 5) is 6.68. The number of benzene rings is 1. The summed E-state index contributed by atoms with van der Waals surface area (Å²) in [6.45, 7) is 3.94. The maximum absolute atomic E-state index is 5.57. The molecule has 17 heavy (non-hydrogen) atoms. The Balaban J connectivity index is 2.14. The van der Waals surface area contributed by atoms with Crippen molar-refractivity contribution in [1.29, 1.82) is 0 Å². The summed E-state index contributed by atoms with van der Waals surface area (Å²) in [6.07, 6.45) is 3.31. The Kier molecular flexibility index (Phi) is 3.98. The van der Waals surface area contributed by atoms with Crippen LogP contribution in [-0.4, -0.2) is 19.0 Å². The standard InChI is InChI=1S/C13H20N4/c1-2-3-9-15-13(16-14)17-10-8-11-6-4-5-7-12(11)17/h4-7H,2-3,8-10,14H2,1H3,(H,15,16). The fourth-order valence-electron chi connectivity index (χ4n) is 2.11. The van der Waals surface area contributed by atoms with Crippen LogP contribution in [-0.2, 0) is 6.42 Å². The number of guanidine groups is 1. The molecule has 1 aromatic rings. The van der Waals surface area contributed by atoms with Gasteiger partial charge in [-0.3, -0.25) is 10.4 Å². The highest BCUT2D eigenvalue weighted by atomic mass is 15.4. The molecule has 1 heterocycles. The minimum atomic E-state index is 0.781. The van der Waals surface area contributed by atoms with E-state index in [1.807, 2.05) is 0 Å². The van der Waals surface area contributed by atoms with Gasteiger partial charge in [0.2, 0.25) is 5.96 Å². The molecule has 0 bridgehead atoms. The van der Waals surface area contributed by atoms with Gasteiger partial charge in [-0.25, -0.2) is 5.84 Å². The number of nitrogens with zero attached hydrogens (tertiary/aromatic N) is 2. The van der Waals surface area contributed by atoms with E-state index in [9.17, 15) is 0 Å². The van der Waals surface area contributed by atoms with E-state index in [-0.39, 0.29) is 0 Å². The van der Waals surface area contributed by atoms with Gasteiger partial charge in [-0.1, -0.05) is 31.5 Å². The molecule has 0 amide bonds. The number of hydrogen-bond donors (Lipinski definition) is 2. The van der Waals surface area contributed by atoms with E-state index in [0.29, 0.717) is 0 Å². The van der Waals surface area contributed by atoms with Crippen LogP contribution in [0, 0.1) is 0 Å². The highest BCUT2D eigenvalue weighted by molar-refractivity contribution is 5.97. The second-order valence-electron chi connectivity index (χ2n) is 4.23. The maximum Gasteiger partial charge on any atom is 0.212 e. The van der Waals surface area contributed by atoms with E-state index < -0.39 is 0 Å². The third-order valence-electron chi connectivity index (χ3n) is 3.05. The summed E-state index contributed by atoms with van der Waals surface area (Å²) < 4.78 is 0. The quantitative estimate of drug-likeness (QED) is 0.274. The van der Waals surface area contributed by atoms with E-state index in [0.717, 1.165) is 38.3 Å². The normalized spacial score (nSPS) is 14.9. The molecular weight excluding hydrogens is 212 g/mol. The molecule has 0 saturated carbocycles. The minimum Gasteiger partial charge on any atom is -0.311 e. The Morgan fingerprint density at radius 1 is 1.47 bits per heavy atom. The fraction of sp³-hybridized carbons (Fsp3) is 0.462. The van der Waals surface area contributed by atoms with Crippen molar-refractivity contribution < 1.29 is 0 Å². The summed E-state index contributed by atoms with van der Waals surface area (Å²) in [6, 6.07) is 8.41. The van der Waals surface area contributed by atoms with Gasteiger partial charge in [0.1, 0.15) is 0 Å². The van der Waals surface area contributed by atoms with Gasteiger partial charge in [-0.2, -0.15) is 0 Å². The molecule has 0 aliphatic carbocycles. The van der Waals surface area contributed by atoms with Crippen molar-refractivity contribution in [3.8, 4) is 0 Å². The number of fused-ring (bicyclic) bond motifs is 1. The Labute approximate surface area is 102 Å². The number of nitrogens with one attached hydrogen (secondary N) is 1. The second-order valence-corrected chi connectivity index (χ2v) is 4.23. The number of hydrazine groups is 1. The molecule has 0 fully saturated rings. The molecule has 0 atom stereocenters. The fourth-order valence-corrected chi connectivity index (χ4v) is 2.11. The number of rotatable bonds is 3. The van der Waals surface area contributed by atoms with Crippen molar-refractivity contribution in [1.82, 2.24) is 5.43 Å². The maximum atomic E-state index is 5.57. The lowest BCUT2D eigenvalue weighted by molar-refractivity contribution is 0.794. The van der Waals surface area contributed by atoms with Gasteiger partial charge >= 0.3 is 0 Å². The topological polar surface area (TPSA) is 53.6 Å². The van der Waals surface area contributed by atoms with Crippen molar-refractivity contribution >= 4 is 11.6 Å². The van der Waals surface area contributed by atoms with E-state index in [2.05, 4.69) is 46.5 Å². The third kappa shape index (κ3) is 2.58. The molecule has 0 radical (unpaired) electrons. The summed E-state index contributed by atoms with van der Waals surface area (Å²) in [5.41, 5.74) is 5.31. The highest BCUT2D eigenvalue weighted by Crippen LogP contribution is 2.27. The van der Waals surface area contributed by atoms with Crippen LogP contribution < -0.4 is 16.2 Å². The average molecular weight is 232 g/mol. The molecule has 4 nitrogen and oxygen atoms in total. The van der Waals surface area contributed by atoms with E-state index in [4.69, 9.17) is 5.84 Å². The first-order chi connectivity index (χ1) is 8.36. The van der Waals surface area contributed by atoms with Crippen LogP contribution in [0.4, 0.5) is 5.69 Å². The number of para-hydroxylation sites is 1. The summed E-state index contributed by atoms with van der Waals surface area (Å²) in [5.74, 6) is 6.35. The Morgan fingerprint density at radius 2 is 2.29 bits per heavy atom. The lowest BCUT2D eigenvalue weighted by Gasteiger charge is -2.20. The van der Waals surface area contributed by atoms with Crippen LogP contribution in [0.2, 0.25) is 0 Å². The highest BCUT2D eigenvalue weighted by Gasteiger charge is 2.21. The van der Waals surface area contributed by atoms with Gasteiger partial charge in [0.25, 0.3) is 0 Å². The molecule has 0 aromatic heterocycles. The summed E-state index contributed by atoms with van der Waals surface area (Å²) in [7, 11) is 0. The van der Waals surface area contributed by atoms with E-state index >= 15 is 0 Å². The zero-order valence-corrected chi connectivity index (χ0v) is 10.3. The molecule has 3 N–H and O–H groups in total. The van der Waals surface area contributed by atoms with E-state index in [1.54, 1.807) is 0 Å². The molecule has 1 aromatic carbocycles. The van der Waals surface area contributed by atoms with E-state index in [1.165, 1.54) is 11.3 Å². The number of nitrogens with two attached hydrogens (primary N) is 1. The molecule has 92 valence electrons. The number of unbranched alkanes of at least 4 members (excludes halogenated alkanes) is 1. The molecule has 0 unspecified atom stereocenters. The zero-order valence-electron chi connectivity index (χ0n) is 10.3. The molecular formula is C13H20N4. The molecule has 0 spiro atoms. The van der Waals surface area contributed by atoms with Crippen LogP contribution in [0.5, 0.6) is 0 Å². The molecule has 2 rings (SSSR count). The average Bonchev–Trinajstić information content (AvgIpc) is 2.79. The molecule has 1 aliphatic rings. The van der Waals surface area contributed by atoms with Gasteiger partial charge in [-0.05, 0) is 24.5 Å². The summed E-state index contributed by atoms with van der Waals surface area (Å²) in [5, 5.41) is 0. The molecule has 1 aliphatic heterocycles. The molecule has 4 heteroatoms. The number of aliphatic imine (C=N–C) groups is 1. The van der Waals surface area contributed by atoms with Crippen LogP contribution >= 0.6 is 0 Å². The molecule has 0 saturated heterocycles. The van der Waals surface area contributed by atoms with Gasteiger partial charge < -0.3 is 4.90 Å². The summed E-state index contributed by atoms with van der Waals surface area (Å²) >= 11 is 0. The monoisotopic (exact) mass is 232 g/mol. The van der Waals surface area contributed by atoms with Gasteiger partial charge in [0.05, 0.1) is 0 Å². The van der Waals surface area contributed by atoms with Gasteiger partial charge in [-0.15, -0.1) is 0 Å². The first-order valence-electron chi connectivity index (χ1n) is 6.23. The Bertz CT molecular complexity index is 400. The number of anilines is 1. The van der Waals surface area contributed by atoms with Crippen LogP contribution in [0.3, 0.4) is 0 Å². The Hall–Kier alpha value is -1.55. The van der Waals surface area contributed by atoms with Gasteiger partial charge in [0.15, 0.2) is 0 Å². The Morgan fingerprint density at radius 3 is 3.06 bits per heavy atom. The van der Waals surface area contributed by atoms with Crippen LogP contribution in [0.15, 0.2) is 29.3 Å². The third-order valence-corrected chi connectivity index (χ3v) is 3.05. The van der Waals surface area contributed by atoms with Crippen molar-refractivity contribution in [3.05, 3.63) is 29.8 Å². The van der Waals surface area contributed by atoms with Crippen molar-refractivity contribution in [2.45, 2.75) is 26.2 Å². The second kappa shape index (κ2) is 5.68. The van der Waals surface area contributed by atoms with Crippen LogP contribution in [0.25, 0.3) is 0 Å². The minimum absolute atomic E-state index is 0.781. The lowest BCUT2D eigenvalue weighted by atomic mass is 10.2. The number of hydrogen-bond acceptors (Lipinski definition) is 2. The van der Waals surface area contributed by atoms with Crippen molar-refractivity contribution in [2.75, 3.05) is 18.0 Å². The van der Waals surface area contributed by atoms with Gasteiger partial charge in [0, 0.05) is 18.8 Å². The first-order valence-corrected chi connectivity index (χ1v) is 6.23. The predicted molar refractivity (Wildman–Crippen MR) is 72.0 cm³/mol. The zero-order chi connectivity index (χ0) is 12.1. The largest absolute Gasteiger partial charge is 0.311 e. The van der Waals surface area contributed by atoms with Crippen LogP contribution in [0.1, 0.15) is 25.3 Å². The smallest absolute Gasteiger partial charge is 0.212 e.